The summed E-state index contributed by atoms with van der Waals surface area (Å²) in [6.45, 7) is 3.20. The summed E-state index contributed by atoms with van der Waals surface area (Å²) in [5.74, 6) is 0.441. The molecule has 0 saturated carbocycles. The van der Waals surface area contributed by atoms with Gasteiger partial charge in [0.2, 0.25) is 0 Å². The van der Waals surface area contributed by atoms with E-state index in [1.165, 1.54) is 0 Å². The number of benzene rings is 2. The summed E-state index contributed by atoms with van der Waals surface area (Å²) in [5, 5.41) is 2.85. The zero-order chi connectivity index (χ0) is 19.5. The van der Waals surface area contributed by atoms with Gasteiger partial charge in [-0.1, -0.05) is 18.2 Å². The number of carbonyl (C=O) groups is 2. The zero-order valence-electron chi connectivity index (χ0n) is 15.9. The molecule has 2 amide bonds. The third-order valence-corrected chi connectivity index (χ3v) is 5.10. The summed E-state index contributed by atoms with van der Waals surface area (Å²) < 4.78 is 11.1. The molecule has 6 nitrogen and oxygen atoms in total. The SMILES string of the molecule is Cc1cccc(OCC(=O)Nc2ccc3c(c2)N(C(=O)C2CCCO2)CC3)c1. The maximum atomic E-state index is 12.7. The van der Waals surface area contributed by atoms with Crippen LogP contribution < -0.4 is 15.0 Å². The van der Waals surface area contributed by atoms with Crippen LogP contribution in [0.25, 0.3) is 0 Å². The van der Waals surface area contributed by atoms with Crippen LogP contribution in [-0.2, 0) is 20.7 Å². The van der Waals surface area contributed by atoms with E-state index >= 15 is 0 Å². The van der Waals surface area contributed by atoms with Gasteiger partial charge < -0.3 is 19.7 Å². The van der Waals surface area contributed by atoms with Crippen LogP contribution in [0.3, 0.4) is 0 Å². The van der Waals surface area contributed by atoms with Crippen LogP contribution in [0.1, 0.15) is 24.0 Å². The molecule has 1 saturated heterocycles. The molecule has 1 fully saturated rings. The van der Waals surface area contributed by atoms with Gasteiger partial charge in [-0.05, 0) is 61.6 Å². The Balaban J connectivity index is 1.40. The lowest BCUT2D eigenvalue weighted by Gasteiger charge is -2.21. The summed E-state index contributed by atoms with van der Waals surface area (Å²) >= 11 is 0. The number of anilines is 2. The molecule has 146 valence electrons. The maximum Gasteiger partial charge on any atom is 0.262 e. The third-order valence-electron chi connectivity index (χ3n) is 5.10. The van der Waals surface area contributed by atoms with Gasteiger partial charge in [0.15, 0.2) is 6.61 Å². The number of rotatable bonds is 5. The first-order valence-corrected chi connectivity index (χ1v) is 9.65. The van der Waals surface area contributed by atoms with Crippen LogP contribution in [0.15, 0.2) is 42.5 Å². The summed E-state index contributed by atoms with van der Waals surface area (Å²) in [6.07, 6.45) is 2.18. The Hall–Kier alpha value is -2.86. The summed E-state index contributed by atoms with van der Waals surface area (Å²) in [6, 6.07) is 13.3. The number of ether oxygens (including phenoxy) is 2. The van der Waals surface area contributed by atoms with Gasteiger partial charge in [0.25, 0.3) is 11.8 Å². The van der Waals surface area contributed by atoms with Crippen LogP contribution in [0.2, 0.25) is 0 Å². The van der Waals surface area contributed by atoms with Crippen molar-refractivity contribution >= 4 is 23.2 Å². The van der Waals surface area contributed by atoms with Gasteiger partial charge in [-0.15, -0.1) is 0 Å². The highest BCUT2D eigenvalue weighted by Crippen LogP contribution is 2.32. The largest absolute Gasteiger partial charge is 0.484 e. The lowest BCUT2D eigenvalue weighted by Crippen LogP contribution is -2.37. The van der Waals surface area contributed by atoms with Crippen molar-refractivity contribution < 1.29 is 19.1 Å². The highest BCUT2D eigenvalue weighted by atomic mass is 16.5. The number of fused-ring (bicyclic) bond motifs is 1. The Morgan fingerprint density at radius 3 is 2.93 bits per heavy atom. The van der Waals surface area contributed by atoms with Crippen molar-refractivity contribution in [3.8, 4) is 5.75 Å². The molecule has 0 spiro atoms. The highest BCUT2D eigenvalue weighted by Gasteiger charge is 2.32. The average Bonchev–Trinajstić information content (AvgIpc) is 3.36. The van der Waals surface area contributed by atoms with E-state index in [0.717, 1.165) is 36.1 Å². The van der Waals surface area contributed by atoms with Crippen molar-refractivity contribution in [2.24, 2.45) is 0 Å². The fourth-order valence-electron chi connectivity index (χ4n) is 3.68. The number of amides is 2. The minimum Gasteiger partial charge on any atom is -0.484 e. The van der Waals surface area contributed by atoms with E-state index in [-0.39, 0.29) is 24.5 Å². The van der Waals surface area contributed by atoms with E-state index < -0.39 is 0 Å². The quantitative estimate of drug-likeness (QED) is 0.866. The molecule has 2 heterocycles. The molecule has 2 aromatic carbocycles. The molecule has 0 aromatic heterocycles. The molecular weight excluding hydrogens is 356 g/mol. The fraction of sp³-hybridized carbons (Fsp3) is 0.364. The number of aryl methyl sites for hydroxylation is 1. The Morgan fingerprint density at radius 2 is 2.14 bits per heavy atom. The molecule has 1 unspecified atom stereocenters. The van der Waals surface area contributed by atoms with Crippen molar-refractivity contribution in [3.05, 3.63) is 53.6 Å². The Bertz CT molecular complexity index is 890. The van der Waals surface area contributed by atoms with Gasteiger partial charge in [0.05, 0.1) is 0 Å². The molecule has 6 heteroatoms. The molecular formula is C22H24N2O4. The first-order chi connectivity index (χ1) is 13.6. The monoisotopic (exact) mass is 380 g/mol. The summed E-state index contributed by atoms with van der Waals surface area (Å²) in [4.78, 5) is 26.8. The number of hydrogen-bond donors (Lipinski definition) is 1. The van der Waals surface area contributed by atoms with Crippen LogP contribution in [0, 0.1) is 6.92 Å². The predicted molar refractivity (Wildman–Crippen MR) is 107 cm³/mol. The van der Waals surface area contributed by atoms with Crippen LogP contribution >= 0.6 is 0 Å². The molecule has 0 aliphatic carbocycles. The molecule has 4 rings (SSSR count). The Morgan fingerprint density at radius 1 is 1.25 bits per heavy atom. The van der Waals surface area contributed by atoms with Gasteiger partial charge in [0.1, 0.15) is 11.9 Å². The number of carbonyl (C=O) groups excluding carboxylic acids is 2. The lowest BCUT2D eigenvalue weighted by molar-refractivity contribution is -0.127. The van der Waals surface area contributed by atoms with Crippen LogP contribution in [-0.4, -0.2) is 37.7 Å². The molecule has 2 aliphatic rings. The minimum atomic E-state index is -0.341. The Labute approximate surface area is 164 Å². The van der Waals surface area contributed by atoms with Crippen molar-refractivity contribution in [2.75, 3.05) is 30.0 Å². The van der Waals surface area contributed by atoms with E-state index in [2.05, 4.69) is 5.32 Å². The van der Waals surface area contributed by atoms with Crippen molar-refractivity contribution in [1.29, 1.82) is 0 Å². The molecule has 2 aliphatic heterocycles. The van der Waals surface area contributed by atoms with E-state index in [0.29, 0.717) is 24.6 Å². The lowest BCUT2D eigenvalue weighted by atomic mass is 10.1. The first-order valence-electron chi connectivity index (χ1n) is 9.65. The smallest absolute Gasteiger partial charge is 0.262 e. The minimum absolute atomic E-state index is 0.0162. The van der Waals surface area contributed by atoms with Gasteiger partial charge >= 0.3 is 0 Å². The number of hydrogen-bond acceptors (Lipinski definition) is 4. The average molecular weight is 380 g/mol. The second kappa shape index (κ2) is 8.02. The van der Waals surface area contributed by atoms with E-state index in [1.807, 2.05) is 49.4 Å². The second-order valence-electron chi connectivity index (χ2n) is 7.24. The standard InChI is InChI=1S/C22H24N2O4/c1-15-4-2-5-18(12-15)28-14-21(25)23-17-8-7-16-9-10-24(19(16)13-17)22(26)20-6-3-11-27-20/h2,4-5,7-8,12-13,20H,3,6,9-11,14H2,1H3,(H,23,25). The van der Waals surface area contributed by atoms with Crippen molar-refractivity contribution in [2.45, 2.75) is 32.3 Å². The molecule has 2 aromatic rings. The molecule has 1 N–H and O–H groups in total. The third kappa shape index (κ3) is 4.02. The normalized spacial score (nSPS) is 18.0. The first kappa shape index (κ1) is 18.5. The van der Waals surface area contributed by atoms with Crippen molar-refractivity contribution in [1.82, 2.24) is 0 Å². The summed E-state index contributed by atoms with van der Waals surface area (Å²) in [5.41, 5.74) is 3.70. The fourth-order valence-corrected chi connectivity index (χ4v) is 3.68. The number of nitrogens with zero attached hydrogens (tertiary/aromatic N) is 1. The molecule has 1 atom stereocenters. The highest BCUT2D eigenvalue weighted by molar-refractivity contribution is 6.00. The van der Waals surface area contributed by atoms with E-state index in [1.54, 1.807) is 4.90 Å². The van der Waals surface area contributed by atoms with Gasteiger partial charge in [-0.25, -0.2) is 0 Å². The molecule has 0 radical (unpaired) electrons. The van der Waals surface area contributed by atoms with Crippen LogP contribution in [0.4, 0.5) is 11.4 Å². The van der Waals surface area contributed by atoms with Gasteiger partial charge in [0, 0.05) is 24.5 Å². The molecule has 0 bridgehead atoms. The second-order valence-corrected chi connectivity index (χ2v) is 7.24. The van der Waals surface area contributed by atoms with E-state index in [9.17, 15) is 9.59 Å². The zero-order valence-corrected chi connectivity index (χ0v) is 15.9. The Kier molecular flexibility index (Phi) is 5.30. The topological polar surface area (TPSA) is 67.9 Å². The predicted octanol–water partition coefficient (Wildman–Crippen LogP) is 3.08. The number of nitrogens with one attached hydrogen (secondary N) is 1. The van der Waals surface area contributed by atoms with Gasteiger partial charge in [-0.2, -0.15) is 0 Å². The van der Waals surface area contributed by atoms with E-state index in [4.69, 9.17) is 9.47 Å². The maximum absolute atomic E-state index is 12.7. The molecule has 28 heavy (non-hydrogen) atoms. The van der Waals surface area contributed by atoms with Crippen molar-refractivity contribution in [3.63, 3.8) is 0 Å². The summed E-state index contributed by atoms with van der Waals surface area (Å²) in [7, 11) is 0. The van der Waals surface area contributed by atoms with Gasteiger partial charge in [-0.3, -0.25) is 9.59 Å². The van der Waals surface area contributed by atoms with Crippen LogP contribution in [0.5, 0.6) is 5.75 Å².